The Bertz CT molecular complexity index is 195. The average Bonchev–Trinajstić information content (AvgIpc) is 2.22. The fourth-order valence-corrected chi connectivity index (χ4v) is 1.64. The highest BCUT2D eigenvalue weighted by Crippen LogP contribution is 2.08. The zero-order valence-electron chi connectivity index (χ0n) is 8.96. The monoisotopic (exact) mass is 216 g/mol. The minimum Gasteiger partial charge on any atom is -0.297 e. The summed E-state index contributed by atoms with van der Waals surface area (Å²) >= 11 is 0.340. The lowest BCUT2D eigenvalue weighted by atomic mass is 10.1. The molecule has 0 saturated carbocycles. The first-order valence-electron chi connectivity index (χ1n) is 5.46. The van der Waals surface area contributed by atoms with Crippen LogP contribution in [0.25, 0.3) is 0 Å². The van der Waals surface area contributed by atoms with E-state index in [-0.39, 0.29) is 0 Å². The van der Waals surface area contributed by atoms with Crippen LogP contribution in [0.2, 0.25) is 0 Å². The van der Waals surface area contributed by atoms with Crippen LogP contribution in [0, 0.1) is 0 Å². The molecule has 0 radical (unpaired) electrons. The molecule has 0 aromatic carbocycles. The van der Waals surface area contributed by atoms with Gasteiger partial charge in [-0.15, -0.1) is 0 Å². The molecule has 0 aromatic rings. The normalized spacial score (nSPS) is 9.79. The average molecular weight is 216 g/mol. The van der Waals surface area contributed by atoms with Gasteiger partial charge in [-0.05, 0) is 12.8 Å². The Kier molecular flexibility index (Phi) is 10.3. The molecule has 0 heterocycles. The van der Waals surface area contributed by atoms with E-state index in [2.05, 4.69) is 6.92 Å². The molecule has 82 valence electrons. The first kappa shape index (κ1) is 13.6. The third-order valence-electron chi connectivity index (χ3n) is 2.27. The number of unbranched alkanes of at least 4 members (excludes halogenated alkanes) is 6. The molecule has 3 heteroatoms. The smallest absolute Gasteiger partial charge is 0.159 e. The maximum atomic E-state index is 10.3. The van der Waals surface area contributed by atoms with E-state index in [9.17, 15) is 9.00 Å². The van der Waals surface area contributed by atoms with Gasteiger partial charge in [0.2, 0.25) is 0 Å². The third kappa shape index (κ3) is 8.17. The second-order valence-electron chi connectivity index (χ2n) is 3.54. The fraction of sp³-hybridized carbons (Fsp3) is 0.818. The van der Waals surface area contributed by atoms with E-state index in [1.165, 1.54) is 32.1 Å². The van der Waals surface area contributed by atoms with Crippen molar-refractivity contribution < 1.29 is 9.00 Å². The van der Waals surface area contributed by atoms with Gasteiger partial charge in [-0.1, -0.05) is 45.4 Å². The molecule has 14 heavy (non-hydrogen) atoms. The van der Waals surface area contributed by atoms with Crippen LogP contribution in [0.3, 0.4) is 0 Å². The summed E-state index contributed by atoms with van der Waals surface area (Å²) in [4.78, 5) is 10.7. The molecule has 0 aliphatic carbocycles. The zero-order chi connectivity index (χ0) is 10.6. The molecule has 0 rings (SSSR count). The molecule has 0 atom stereocenters. The quantitative estimate of drug-likeness (QED) is 0.337. The predicted octanol–water partition coefficient (Wildman–Crippen LogP) is 2.71. The number of carbonyl (C=O) groups is 1. The molecule has 0 saturated heterocycles. The summed E-state index contributed by atoms with van der Waals surface area (Å²) < 4.78 is 10.3. The van der Waals surface area contributed by atoms with Crippen LogP contribution in [0.4, 0.5) is 0 Å². The molecule has 0 N–H and O–H groups in total. The van der Waals surface area contributed by atoms with Crippen molar-refractivity contribution in [3.05, 3.63) is 0 Å². The number of hydrogen-bond acceptors (Lipinski definition) is 2. The van der Waals surface area contributed by atoms with Crippen molar-refractivity contribution in [1.29, 1.82) is 0 Å². The van der Waals surface area contributed by atoms with Gasteiger partial charge >= 0.3 is 0 Å². The van der Waals surface area contributed by atoms with Crippen LogP contribution in [-0.2, 0) is 16.1 Å². The summed E-state index contributed by atoms with van der Waals surface area (Å²) in [6.45, 7) is 2.21. The summed E-state index contributed by atoms with van der Waals surface area (Å²) in [5, 5.41) is 0. The Labute approximate surface area is 90.2 Å². The van der Waals surface area contributed by atoms with Crippen molar-refractivity contribution in [2.24, 2.45) is 0 Å². The van der Waals surface area contributed by atoms with Crippen molar-refractivity contribution >= 4 is 22.4 Å². The van der Waals surface area contributed by atoms with E-state index < -0.39 is 0 Å². The molecule has 0 bridgehead atoms. The summed E-state index contributed by atoms with van der Waals surface area (Å²) in [5.74, 6) is 0. The minimum atomic E-state index is 0.340. The van der Waals surface area contributed by atoms with Gasteiger partial charge < -0.3 is 0 Å². The Morgan fingerprint density at radius 1 is 1.07 bits per heavy atom. The SMILES string of the molecule is CCCCCCCCCC(C=O)=S=O. The van der Waals surface area contributed by atoms with Crippen molar-refractivity contribution in [1.82, 2.24) is 0 Å². The Balaban J connectivity index is 3.21. The van der Waals surface area contributed by atoms with Crippen LogP contribution in [0.1, 0.15) is 58.3 Å². The van der Waals surface area contributed by atoms with Crippen LogP contribution in [0.5, 0.6) is 0 Å². The van der Waals surface area contributed by atoms with Crippen LogP contribution >= 0.6 is 0 Å². The fourth-order valence-electron chi connectivity index (χ4n) is 1.38. The molecule has 0 aliphatic rings. The summed E-state index contributed by atoms with van der Waals surface area (Å²) in [5.41, 5.74) is 0. The van der Waals surface area contributed by atoms with E-state index in [0.717, 1.165) is 12.8 Å². The topological polar surface area (TPSA) is 34.1 Å². The zero-order valence-corrected chi connectivity index (χ0v) is 9.78. The van der Waals surface area contributed by atoms with Crippen LogP contribution in [-0.4, -0.2) is 15.4 Å². The van der Waals surface area contributed by atoms with Crippen LogP contribution in [0.15, 0.2) is 0 Å². The maximum Gasteiger partial charge on any atom is 0.159 e. The van der Waals surface area contributed by atoms with E-state index >= 15 is 0 Å². The third-order valence-corrected chi connectivity index (χ3v) is 2.78. The lowest BCUT2D eigenvalue weighted by molar-refractivity contribution is -0.102. The van der Waals surface area contributed by atoms with Gasteiger partial charge in [-0.3, -0.25) is 4.79 Å². The van der Waals surface area contributed by atoms with Crippen molar-refractivity contribution in [3.8, 4) is 0 Å². The summed E-state index contributed by atoms with van der Waals surface area (Å²) in [6.07, 6.45) is 9.91. The number of hydrogen-bond donors (Lipinski definition) is 0. The van der Waals surface area contributed by atoms with E-state index in [1.807, 2.05) is 0 Å². The lowest BCUT2D eigenvalue weighted by Gasteiger charge is -1.99. The molecule has 2 nitrogen and oxygen atoms in total. The second kappa shape index (κ2) is 10.6. The largest absolute Gasteiger partial charge is 0.297 e. The minimum absolute atomic E-state index is 0.340. The predicted molar refractivity (Wildman–Crippen MR) is 61.8 cm³/mol. The van der Waals surface area contributed by atoms with Gasteiger partial charge in [-0.25, -0.2) is 4.21 Å². The number of carbonyl (C=O) groups excluding carboxylic acids is 1. The van der Waals surface area contributed by atoms with Gasteiger partial charge in [0.15, 0.2) is 6.29 Å². The van der Waals surface area contributed by atoms with Gasteiger partial charge in [0, 0.05) is 0 Å². The van der Waals surface area contributed by atoms with Gasteiger partial charge in [0.1, 0.15) is 0 Å². The van der Waals surface area contributed by atoms with Crippen molar-refractivity contribution in [3.63, 3.8) is 0 Å². The first-order chi connectivity index (χ1) is 6.85. The maximum absolute atomic E-state index is 10.3. The molecule has 0 spiro atoms. The molecule has 0 amide bonds. The molecule has 0 unspecified atom stereocenters. The Morgan fingerprint density at radius 2 is 1.64 bits per heavy atom. The molecular weight excluding hydrogens is 196 g/mol. The van der Waals surface area contributed by atoms with Gasteiger partial charge in [0.25, 0.3) is 0 Å². The highest BCUT2D eigenvalue weighted by atomic mass is 32.1. The summed E-state index contributed by atoms with van der Waals surface area (Å²) in [6, 6.07) is 0. The van der Waals surface area contributed by atoms with E-state index in [4.69, 9.17) is 0 Å². The first-order valence-corrected chi connectivity index (χ1v) is 6.20. The van der Waals surface area contributed by atoms with Crippen LogP contribution < -0.4 is 0 Å². The highest BCUT2D eigenvalue weighted by molar-refractivity contribution is 7.68. The Morgan fingerprint density at radius 3 is 2.14 bits per heavy atom. The molecular formula is C11H20O2S. The molecule has 0 aromatic heterocycles. The second-order valence-corrected chi connectivity index (χ2v) is 4.23. The number of rotatable bonds is 9. The Hall–Kier alpha value is -0.440. The van der Waals surface area contributed by atoms with Gasteiger partial charge in [0.05, 0.1) is 16.1 Å². The lowest BCUT2D eigenvalue weighted by Crippen LogP contribution is -1.98. The number of aldehydes is 1. The van der Waals surface area contributed by atoms with E-state index in [0.29, 0.717) is 28.8 Å². The van der Waals surface area contributed by atoms with E-state index in [1.54, 1.807) is 0 Å². The van der Waals surface area contributed by atoms with Gasteiger partial charge in [-0.2, -0.15) is 0 Å². The highest BCUT2D eigenvalue weighted by Gasteiger charge is 1.96. The van der Waals surface area contributed by atoms with Crippen molar-refractivity contribution in [2.75, 3.05) is 0 Å². The molecule has 0 fully saturated rings. The summed E-state index contributed by atoms with van der Waals surface area (Å²) in [7, 11) is 0. The van der Waals surface area contributed by atoms with Crippen molar-refractivity contribution in [2.45, 2.75) is 58.3 Å². The standard InChI is InChI=1S/C11H20O2S/c1-2-3-4-5-6-7-8-9-11(10-12)14-13/h10H,2-9H2,1H3. The molecule has 0 aliphatic heterocycles.